The number of carbonyl (C=O) groups excluding carboxylic acids is 2. The normalized spacial score (nSPS) is 9.66. The summed E-state index contributed by atoms with van der Waals surface area (Å²) in [6, 6.07) is 6.55. The van der Waals surface area contributed by atoms with Crippen LogP contribution in [0.4, 0.5) is 22.7 Å². The van der Waals surface area contributed by atoms with Gasteiger partial charge in [-0.1, -0.05) is 0 Å². The molecule has 0 saturated heterocycles. The van der Waals surface area contributed by atoms with Crippen LogP contribution in [0.5, 0.6) is 11.5 Å². The number of hydrogen-bond acceptors (Lipinski definition) is 9. The standard InChI is InChI=1S/C18H23N5O4.CH5N/c1-26-16-10(9-24)3-5-12(14(16)19)22-7-8-23-13-6-4-11(18(21)25)17(27-2)15(13)20;1-2/h3-6,9,22-23H,7-8,19-20H2,1-2H3,(H2,21,25);2H2,1H3. The molecule has 0 aliphatic heterocycles. The highest BCUT2D eigenvalue weighted by Crippen LogP contribution is 2.34. The maximum atomic E-state index is 11.4. The van der Waals surface area contributed by atoms with E-state index in [0.29, 0.717) is 53.4 Å². The molecule has 0 radical (unpaired) electrons. The molecule has 2 rings (SSSR count). The number of nitrogen functional groups attached to an aromatic ring is 2. The Kier molecular flexibility index (Phi) is 9.06. The summed E-state index contributed by atoms with van der Waals surface area (Å²) < 4.78 is 10.4. The minimum absolute atomic E-state index is 0.216. The molecular weight excluding hydrogens is 376 g/mol. The predicted molar refractivity (Wildman–Crippen MR) is 116 cm³/mol. The van der Waals surface area contributed by atoms with Gasteiger partial charge in [-0.3, -0.25) is 9.59 Å². The summed E-state index contributed by atoms with van der Waals surface area (Å²) in [5.41, 5.74) is 24.4. The first-order valence-electron chi connectivity index (χ1n) is 8.68. The van der Waals surface area contributed by atoms with Crippen molar-refractivity contribution in [3.8, 4) is 11.5 Å². The van der Waals surface area contributed by atoms with E-state index in [1.54, 1.807) is 24.3 Å². The SMILES string of the molecule is CN.COc1c(C=O)ccc(NCCNc2ccc(C(N)=O)c(OC)c2N)c1N. The maximum absolute atomic E-state index is 11.4. The van der Waals surface area contributed by atoms with Crippen LogP contribution >= 0.6 is 0 Å². The third kappa shape index (κ3) is 5.42. The Morgan fingerprint density at radius 3 is 1.86 bits per heavy atom. The average molecular weight is 404 g/mol. The van der Waals surface area contributed by atoms with Gasteiger partial charge in [0.15, 0.2) is 17.8 Å². The van der Waals surface area contributed by atoms with Crippen LogP contribution in [0.1, 0.15) is 20.7 Å². The van der Waals surface area contributed by atoms with Crippen molar-refractivity contribution in [2.24, 2.45) is 11.5 Å². The van der Waals surface area contributed by atoms with E-state index in [9.17, 15) is 9.59 Å². The summed E-state index contributed by atoms with van der Waals surface area (Å²) in [5.74, 6) is -0.0483. The molecule has 0 aliphatic carbocycles. The number of ether oxygens (including phenoxy) is 2. The topological polar surface area (TPSA) is 181 Å². The fraction of sp³-hybridized carbons (Fsp3) is 0.263. The Labute approximate surface area is 169 Å². The van der Waals surface area contributed by atoms with Gasteiger partial charge in [-0.2, -0.15) is 0 Å². The molecule has 0 unspecified atom stereocenters. The van der Waals surface area contributed by atoms with Crippen molar-refractivity contribution in [2.45, 2.75) is 0 Å². The van der Waals surface area contributed by atoms with Gasteiger partial charge >= 0.3 is 0 Å². The predicted octanol–water partition coefficient (Wildman–Crippen LogP) is 0.879. The van der Waals surface area contributed by atoms with E-state index in [2.05, 4.69) is 16.4 Å². The van der Waals surface area contributed by atoms with Gasteiger partial charge in [-0.05, 0) is 31.3 Å². The molecule has 0 fully saturated rings. The van der Waals surface area contributed by atoms with Crippen LogP contribution in [-0.2, 0) is 0 Å². The molecule has 1 amide bonds. The summed E-state index contributed by atoms with van der Waals surface area (Å²) in [4.78, 5) is 22.4. The Morgan fingerprint density at radius 2 is 1.41 bits per heavy atom. The Hall–Kier alpha value is -3.66. The lowest BCUT2D eigenvalue weighted by Gasteiger charge is -2.16. The number of anilines is 4. The molecule has 0 atom stereocenters. The van der Waals surface area contributed by atoms with Crippen molar-refractivity contribution >= 4 is 34.9 Å². The highest BCUT2D eigenvalue weighted by Gasteiger charge is 2.15. The Balaban J connectivity index is 0.00000204. The second-order valence-corrected chi connectivity index (χ2v) is 5.59. The first-order chi connectivity index (χ1) is 13.9. The molecular formula is C19H28N6O4. The number of nitrogens with two attached hydrogens (primary N) is 4. The molecule has 10 nitrogen and oxygen atoms in total. The lowest BCUT2D eigenvalue weighted by atomic mass is 10.1. The molecule has 29 heavy (non-hydrogen) atoms. The molecule has 0 bridgehead atoms. The summed E-state index contributed by atoms with van der Waals surface area (Å²) in [6.07, 6.45) is 0.687. The lowest BCUT2D eigenvalue weighted by Crippen LogP contribution is -2.17. The van der Waals surface area contributed by atoms with E-state index in [1.807, 2.05) is 0 Å². The van der Waals surface area contributed by atoms with Gasteiger partial charge in [-0.25, -0.2) is 0 Å². The second-order valence-electron chi connectivity index (χ2n) is 5.59. The number of carbonyl (C=O) groups is 2. The van der Waals surface area contributed by atoms with E-state index in [0.717, 1.165) is 0 Å². The van der Waals surface area contributed by atoms with E-state index in [-0.39, 0.29) is 11.3 Å². The van der Waals surface area contributed by atoms with Crippen molar-refractivity contribution in [3.05, 3.63) is 35.4 Å². The Morgan fingerprint density at radius 1 is 0.931 bits per heavy atom. The van der Waals surface area contributed by atoms with E-state index in [1.165, 1.54) is 21.3 Å². The molecule has 0 heterocycles. The van der Waals surface area contributed by atoms with Gasteiger partial charge in [0.05, 0.1) is 48.1 Å². The maximum Gasteiger partial charge on any atom is 0.252 e. The third-order valence-electron chi connectivity index (χ3n) is 3.98. The minimum Gasteiger partial charge on any atom is -0.494 e. The number of hydrogen-bond donors (Lipinski definition) is 6. The van der Waals surface area contributed by atoms with Crippen LogP contribution in [0.15, 0.2) is 24.3 Å². The highest BCUT2D eigenvalue weighted by atomic mass is 16.5. The summed E-state index contributed by atoms with van der Waals surface area (Å²) in [5, 5.41) is 6.30. The monoisotopic (exact) mass is 404 g/mol. The lowest BCUT2D eigenvalue weighted by molar-refractivity contribution is 0.0997. The number of benzene rings is 2. The van der Waals surface area contributed by atoms with E-state index < -0.39 is 5.91 Å². The van der Waals surface area contributed by atoms with Gasteiger partial charge in [0.2, 0.25) is 0 Å². The number of amides is 1. The Bertz CT molecular complexity index is 857. The second kappa shape index (κ2) is 11.2. The summed E-state index contributed by atoms with van der Waals surface area (Å²) in [6.45, 7) is 1.01. The van der Waals surface area contributed by atoms with Crippen LogP contribution in [-0.4, -0.2) is 46.6 Å². The van der Waals surface area contributed by atoms with Crippen molar-refractivity contribution in [2.75, 3.05) is 56.5 Å². The average Bonchev–Trinajstić information content (AvgIpc) is 2.73. The van der Waals surface area contributed by atoms with Gasteiger partial charge in [0.1, 0.15) is 0 Å². The summed E-state index contributed by atoms with van der Waals surface area (Å²) in [7, 11) is 4.37. The molecule has 0 spiro atoms. The molecule has 0 aromatic heterocycles. The van der Waals surface area contributed by atoms with Crippen LogP contribution in [0, 0.1) is 0 Å². The van der Waals surface area contributed by atoms with Crippen molar-refractivity contribution < 1.29 is 19.1 Å². The first-order valence-corrected chi connectivity index (χ1v) is 8.68. The zero-order chi connectivity index (χ0) is 22.0. The van der Waals surface area contributed by atoms with Crippen LogP contribution in [0.3, 0.4) is 0 Å². The third-order valence-corrected chi connectivity index (χ3v) is 3.98. The minimum atomic E-state index is -0.616. The van der Waals surface area contributed by atoms with Crippen LogP contribution < -0.4 is 43.0 Å². The zero-order valence-corrected chi connectivity index (χ0v) is 16.7. The molecule has 10 N–H and O–H groups in total. The van der Waals surface area contributed by atoms with Gasteiger partial charge in [0.25, 0.3) is 5.91 Å². The highest BCUT2D eigenvalue weighted by molar-refractivity contribution is 5.99. The quantitative estimate of drug-likeness (QED) is 0.201. The molecule has 2 aromatic carbocycles. The number of primary amides is 1. The van der Waals surface area contributed by atoms with Gasteiger partial charge in [-0.15, -0.1) is 0 Å². The molecule has 2 aromatic rings. The zero-order valence-electron chi connectivity index (χ0n) is 16.7. The van der Waals surface area contributed by atoms with E-state index in [4.69, 9.17) is 26.7 Å². The number of aldehydes is 1. The smallest absolute Gasteiger partial charge is 0.252 e. The fourth-order valence-electron chi connectivity index (χ4n) is 2.65. The number of nitrogens with one attached hydrogen (secondary N) is 2. The molecule has 0 saturated carbocycles. The molecule has 0 aliphatic rings. The summed E-state index contributed by atoms with van der Waals surface area (Å²) >= 11 is 0. The van der Waals surface area contributed by atoms with Crippen molar-refractivity contribution in [1.82, 2.24) is 0 Å². The fourth-order valence-corrected chi connectivity index (χ4v) is 2.65. The molecule has 10 heteroatoms. The number of methoxy groups -OCH3 is 2. The van der Waals surface area contributed by atoms with Gasteiger partial charge in [0, 0.05) is 13.1 Å². The number of rotatable bonds is 9. The van der Waals surface area contributed by atoms with Gasteiger partial charge < -0.3 is 43.0 Å². The van der Waals surface area contributed by atoms with E-state index >= 15 is 0 Å². The van der Waals surface area contributed by atoms with Crippen LogP contribution in [0.25, 0.3) is 0 Å². The first kappa shape index (κ1) is 23.4. The van der Waals surface area contributed by atoms with Crippen molar-refractivity contribution in [1.29, 1.82) is 0 Å². The van der Waals surface area contributed by atoms with Crippen molar-refractivity contribution in [3.63, 3.8) is 0 Å². The molecule has 158 valence electrons. The largest absolute Gasteiger partial charge is 0.494 e. The van der Waals surface area contributed by atoms with Crippen LogP contribution in [0.2, 0.25) is 0 Å².